The van der Waals surface area contributed by atoms with E-state index in [0.29, 0.717) is 16.5 Å². The average Bonchev–Trinajstić information content (AvgIpc) is 2.70. The Labute approximate surface area is 188 Å². The van der Waals surface area contributed by atoms with E-state index in [1.54, 1.807) is 45.9 Å². The van der Waals surface area contributed by atoms with Crippen LogP contribution in [0, 0.1) is 0 Å². The van der Waals surface area contributed by atoms with Crippen molar-refractivity contribution in [1.29, 1.82) is 0 Å². The minimum absolute atomic E-state index is 0.280. The second-order valence-electron chi connectivity index (χ2n) is 7.96. The monoisotopic (exact) mass is 448 g/mol. The Morgan fingerprint density at radius 1 is 1.10 bits per heavy atom. The van der Waals surface area contributed by atoms with Crippen LogP contribution < -0.4 is 15.4 Å². The highest BCUT2D eigenvalue weighted by Crippen LogP contribution is 2.28. The number of carbonyl (C=O) groups excluding carboxylic acids is 2. The van der Waals surface area contributed by atoms with Crippen LogP contribution in [0.25, 0.3) is 0 Å². The van der Waals surface area contributed by atoms with E-state index >= 15 is 0 Å². The van der Waals surface area contributed by atoms with Crippen LogP contribution in [0.1, 0.15) is 33.3 Å². The van der Waals surface area contributed by atoms with E-state index in [0.717, 1.165) is 5.56 Å². The van der Waals surface area contributed by atoms with Crippen LogP contribution in [0.4, 0.5) is 10.5 Å². The molecule has 0 fully saturated rings. The zero-order chi connectivity index (χ0) is 23.0. The molecule has 2 aromatic rings. The van der Waals surface area contributed by atoms with E-state index in [9.17, 15) is 9.59 Å². The fourth-order valence-electron chi connectivity index (χ4n) is 2.72. The van der Waals surface area contributed by atoms with Crippen LogP contribution in [0.5, 0.6) is 5.75 Å². The molecule has 7 nitrogen and oxygen atoms in total. The number of hydrogen-bond acceptors (Lipinski definition) is 5. The Balaban J connectivity index is 2.18. The predicted molar refractivity (Wildman–Crippen MR) is 120 cm³/mol. The van der Waals surface area contributed by atoms with Crippen LogP contribution in [-0.4, -0.2) is 36.9 Å². The number of rotatable bonds is 8. The van der Waals surface area contributed by atoms with Crippen LogP contribution in [-0.2, 0) is 20.9 Å². The minimum Gasteiger partial charge on any atom is -0.495 e. The Hall–Kier alpha value is -2.77. The summed E-state index contributed by atoms with van der Waals surface area (Å²) in [5.74, 6) is -0.0568. The maximum absolute atomic E-state index is 13.1. The van der Waals surface area contributed by atoms with Gasteiger partial charge in [-0.25, -0.2) is 4.79 Å². The van der Waals surface area contributed by atoms with E-state index in [2.05, 4.69) is 10.6 Å². The minimum atomic E-state index is -1.03. The highest BCUT2D eigenvalue weighted by Gasteiger charge is 2.30. The molecule has 2 amide bonds. The normalized spacial score (nSPS) is 13.1. The number of alkyl carbamates (subject to hydrolysis) is 1. The lowest BCUT2D eigenvalue weighted by Gasteiger charge is -2.27. The topological polar surface area (TPSA) is 85.9 Å². The van der Waals surface area contributed by atoms with Gasteiger partial charge in [-0.05, 0) is 51.5 Å². The summed E-state index contributed by atoms with van der Waals surface area (Å²) in [6, 6.07) is 13.4. The van der Waals surface area contributed by atoms with Gasteiger partial charge in [-0.2, -0.15) is 0 Å². The number of ether oxygens (including phenoxy) is 3. The fourth-order valence-corrected chi connectivity index (χ4v) is 2.89. The van der Waals surface area contributed by atoms with Crippen molar-refractivity contribution in [2.45, 2.75) is 52.0 Å². The Bertz CT molecular complexity index is 883. The summed E-state index contributed by atoms with van der Waals surface area (Å²) in [7, 11) is 1.49. The Kier molecular flexibility index (Phi) is 8.71. The zero-order valence-electron chi connectivity index (χ0n) is 18.4. The van der Waals surface area contributed by atoms with Gasteiger partial charge in [-0.3, -0.25) is 4.79 Å². The molecule has 0 bridgehead atoms. The van der Waals surface area contributed by atoms with Crippen molar-refractivity contribution in [3.05, 3.63) is 59.1 Å². The molecule has 0 aliphatic carbocycles. The number of methoxy groups -OCH3 is 1. The smallest absolute Gasteiger partial charge is 0.408 e. The lowest BCUT2D eigenvalue weighted by atomic mass is 10.1. The molecule has 0 spiro atoms. The molecule has 0 heterocycles. The van der Waals surface area contributed by atoms with E-state index in [-0.39, 0.29) is 6.61 Å². The quantitative estimate of drug-likeness (QED) is 0.606. The van der Waals surface area contributed by atoms with Gasteiger partial charge in [0.05, 0.1) is 25.5 Å². The number of halogens is 1. The number of amides is 2. The van der Waals surface area contributed by atoms with E-state index in [4.69, 9.17) is 25.8 Å². The van der Waals surface area contributed by atoms with Crippen molar-refractivity contribution in [3.63, 3.8) is 0 Å². The van der Waals surface area contributed by atoms with Crippen LogP contribution in [0.2, 0.25) is 5.02 Å². The van der Waals surface area contributed by atoms with Gasteiger partial charge in [-0.1, -0.05) is 41.9 Å². The molecule has 8 heteroatoms. The highest BCUT2D eigenvalue weighted by molar-refractivity contribution is 6.31. The van der Waals surface area contributed by atoms with Gasteiger partial charge in [0.15, 0.2) is 0 Å². The van der Waals surface area contributed by atoms with E-state index in [1.807, 2.05) is 30.3 Å². The number of nitrogens with one attached hydrogen (secondary N) is 2. The molecular weight excluding hydrogens is 420 g/mol. The zero-order valence-corrected chi connectivity index (χ0v) is 19.2. The van der Waals surface area contributed by atoms with Crippen molar-refractivity contribution < 1.29 is 23.8 Å². The number of carbonyl (C=O) groups is 2. The van der Waals surface area contributed by atoms with Crippen molar-refractivity contribution in [2.75, 3.05) is 12.4 Å². The molecule has 2 N–H and O–H groups in total. The molecule has 2 atom stereocenters. The first-order valence-corrected chi connectivity index (χ1v) is 10.3. The molecule has 168 valence electrons. The maximum Gasteiger partial charge on any atom is 0.408 e. The van der Waals surface area contributed by atoms with Crippen LogP contribution in [0.3, 0.4) is 0 Å². The molecule has 2 unspecified atom stereocenters. The van der Waals surface area contributed by atoms with Crippen LogP contribution >= 0.6 is 11.6 Å². The molecule has 2 rings (SSSR count). The summed E-state index contributed by atoms with van der Waals surface area (Å²) in [5, 5.41) is 5.79. The Morgan fingerprint density at radius 3 is 2.39 bits per heavy atom. The standard InChI is InChI=1S/C23H29ClN2O5/c1-15(30-14-16-9-7-6-8-10-16)20(26-22(28)31-23(2,3)4)21(27)25-18-13-17(24)11-12-19(18)29-5/h6-13,15,20H,14H2,1-5H3,(H,25,27)(H,26,28). The molecule has 0 aliphatic rings. The third kappa shape index (κ3) is 8.11. The third-order valence-corrected chi connectivity index (χ3v) is 4.43. The molecule has 0 saturated carbocycles. The largest absolute Gasteiger partial charge is 0.495 e. The van der Waals surface area contributed by atoms with E-state index in [1.165, 1.54) is 7.11 Å². The number of hydrogen-bond donors (Lipinski definition) is 2. The number of anilines is 1. The first-order valence-electron chi connectivity index (χ1n) is 9.88. The van der Waals surface area contributed by atoms with E-state index < -0.39 is 29.7 Å². The van der Waals surface area contributed by atoms with Crippen molar-refractivity contribution >= 4 is 29.3 Å². The number of benzene rings is 2. The van der Waals surface area contributed by atoms with Gasteiger partial charge in [0, 0.05) is 5.02 Å². The third-order valence-electron chi connectivity index (χ3n) is 4.20. The first kappa shape index (κ1) is 24.5. The second kappa shape index (κ2) is 11.0. The average molecular weight is 449 g/mol. The van der Waals surface area contributed by atoms with Crippen molar-refractivity contribution in [1.82, 2.24) is 5.32 Å². The molecule has 0 aromatic heterocycles. The first-order chi connectivity index (χ1) is 14.6. The maximum atomic E-state index is 13.1. The summed E-state index contributed by atoms with van der Waals surface area (Å²) in [5.41, 5.74) is 0.614. The lowest BCUT2D eigenvalue weighted by Crippen LogP contribution is -2.52. The van der Waals surface area contributed by atoms with Gasteiger partial charge in [0.2, 0.25) is 5.91 Å². The Morgan fingerprint density at radius 2 is 1.77 bits per heavy atom. The molecule has 0 radical (unpaired) electrons. The molecule has 0 aliphatic heterocycles. The summed E-state index contributed by atoms with van der Waals surface area (Å²) in [6.45, 7) is 7.22. The second-order valence-corrected chi connectivity index (χ2v) is 8.40. The summed E-state index contributed by atoms with van der Waals surface area (Å²) >= 11 is 6.05. The van der Waals surface area contributed by atoms with Gasteiger partial charge in [-0.15, -0.1) is 0 Å². The molecule has 2 aromatic carbocycles. The van der Waals surface area contributed by atoms with Gasteiger partial charge >= 0.3 is 6.09 Å². The molecular formula is C23H29ClN2O5. The van der Waals surface area contributed by atoms with Crippen molar-refractivity contribution in [3.8, 4) is 5.75 Å². The van der Waals surface area contributed by atoms with Crippen LogP contribution in [0.15, 0.2) is 48.5 Å². The van der Waals surface area contributed by atoms with Gasteiger partial charge in [0.25, 0.3) is 0 Å². The predicted octanol–water partition coefficient (Wildman–Crippen LogP) is 4.79. The summed E-state index contributed by atoms with van der Waals surface area (Å²) < 4.78 is 16.5. The molecule has 0 saturated heterocycles. The highest BCUT2D eigenvalue weighted by atomic mass is 35.5. The van der Waals surface area contributed by atoms with Gasteiger partial charge in [0.1, 0.15) is 17.4 Å². The van der Waals surface area contributed by atoms with Gasteiger partial charge < -0.3 is 24.8 Å². The van der Waals surface area contributed by atoms with Crippen molar-refractivity contribution in [2.24, 2.45) is 0 Å². The molecule has 31 heavy (non-hydrogen) atoms. The summed E-state index contributed by atoms with van der Waals surface area (Å²) in [4.78, 5) is 25.5. The summed E-state index contributed by atoms with van der Waals surface area (Å²) in [6.07, 6.45) is -1.38. The SMILES string of the molecule is COc1ccc(Cl)cc1NC(=O)C(NC(=O)OC(C)(C)C)C(C)OCc1ccccc1. The fraction of sp³-hybridized carbons (Fsp3) is 0.391. The lowest BCUT2D eigenvalue weighted by molar-refractivity contribution is -0.122.